The molecule has 1 aromatic rings. The number of nitrogens with one attached hydrogen (secondary N) is 1. The number of aliphatic hydroxyl groups is 1. The van der Waals surface area contributed by atoms with Crippen LogP contribution in [0.15, 0.2) is 12.1 Å². The van der Waals surface area contributed by atoms with Crippen LogP contribution in [-0.2, 0) is 0 Å². The first kappa shape index (κ1) is 12.2. The molecule has 1 aromatic carbocycles. The lowest BCUT2D eigenvalue weighted by Crippen LogP contribution is -2.18. The maximum Gasteiger partial charge on any atom is 0.231 e. The molecule has 2 N–H and O–H groups in total. The lowest BCUT2D eigenvalue weighted by atomic mass is 9.92. The van der Waals surface area contributed by atoms with Gasteiger partial charge in [-0.1, -0.05) is 19.9 Å². The quantitative estimate of drug-likeness (QED) is 0.838. The van der Waals surface area contributed by atoms with Gasteiger partial charge in [-0.25, -0.2) is 0 Å². The third-order valence-corrected chi connectivity index (χ3v) is 2.95. The number of rotatable bonds is 4. The first-order chi connectivity index (χ1) is 8.15. The van der Waals surface area contributed by atoms with E-state index >= 15 is 0 Å². The van der Waals surface area contributed by atoms with Crippen molar-refractivity contribution in [3.63, 3.8) is 0 Å². The van der Waals surface area contributed by atoms with E-state index in [0.29, 0.717) is 6.54 Å². The summed E-state index contributed by atoms with van der Waals surface area (Å²) in [5.41, 5.74) is 1.96. The van der Waals surface area contributed by atoms with E-state index in [1.54, 1.807) is 0 Å². The molecule has 1 aliphatic rings. The number of fused-ring (bicyclic) bond motifs is 1. The van der Waals surface area contributed by atoms with Gasteiger partial charge in [0.05, 0.1) is 6.10 Å². The van der Waals surface area contributed by atoms with Crippen LogP contribution in [0.25, 0.3) is 0 Å². The molecule has 0 aliphatic carbocycles. The summed E-state index contributed by atoms with van der Waals surface area (Å²) in [6.45, 7) is 4.97. The average molecular weight is 237 g/mol. The van der Waals surface area contributed by atoms with Crippen molar-refractivity contribution < 1.29 is 14.6 Å². The van der Waals surface area contributed by atoms with Gasteiger partial charge in [-0.05, 0) is 24.6 Å². The van der Waals surface area contributed by atoms with Gasteiger partial charge in [-0.3, -0.25) is 0 Å². The summed E-state index contributed by atoms with van der Waals surface area (Å²) in [7, 11) is 1.82. The second-order valence-corrected chi connectivity index (χ2v) is 4.53. The number of hydrogen-bond donors (Lipinski definition) is 2. The van der Waals surface area contributed by atoms with Gasteiger partial charge in [0.2, 0.25) is 6.79 Å². The minimum absolute atomic E-state index is 0.265. The standard InChI is InChI=1S/C13H19NO3/c1-8(2)12-9(10(15)6-14-3)4-5-11-13(12)17-7-16-11/h4-5,8,10,14-15H,6-7H2,1-3H3. The van der Waals surface area contributed by atoms with Crippen molar-refractivity contribution in [2.75, 3.05) is 20.4 Å². The van der Waals surface area contributed by atoms with E-state index in [1.807, 2.05) is 19.2 Å². The van der Waals surface area contributed by atoms with Gasteiger partial charge in [-0.15, -0.1) is 0 Å². The van der Waals surface area contributed by atoms with Gasteiger partial charge < -0.3 is 19.9 Å². The first-order valence-corrected chi connectivity index (χ1v) is 5.90. The molecule has 4 heteroatoms. The molecule has 0 saturated carbocycles. The smallest absolute Gasteiger partial charge is 0.231 e. The molecule has 0 radical (unpaired) electrons. The molecule has 0 fully saturated rings. The Morgan fingerprint density at radius 2 is 2.12 bits per heavy atom. The van der Waals surface area contributed by atoms with Crippen molar-refractivity contribution >= 4 is 0 Å². The fourth-order valence-corrected chi connectivity index (χ4v) is 2.20. The fourth-order valence-electron chi connectivity index (χ4n) is 2.20. The molecule has 1 atom stereocenters. The van der Waals surface area contributed by atoms with Crippen LogP contribution in [0.1, 0.15) is 37.0 Å². The van der Waals surface area contributed by atoms with Crippen molar-refractivity contribution in [2.24, 2.45) is 0 Å². The Hall–Kier alpha value is -1.26. The van der Waals surface area contributed by atoms with Crippen LogP contribution in [0.2, 0.25) is 0 Å². The zero-order chi connectivity index (χ0) is 12.4. The molecule has 0 bridgehead atoms. The molecule has 1 heterocycles. The van der Waals surface area contributed by atoms with E-state index in [0.717, 1.165) is 22.6 Å². The van der Waals surface area contributed by atoms with E-state index in [4.69, 9.17) is 9.47 Å². The summed E-state index contributed by atoms with van der Waals surface area (Å²) < 4.78 is 10.9. The molecule has 94 valence electrons. The lowest BCUT2D eigenvalue weighted by molar-refractivity contribution is 0.169. The minimum atomic E-state index is -0.521. The highest BCUT2D eigenvalue weighted by molar-refractivity contribution is 5.54. The van der Waals surface area contributed by atoms with E-state index in [9.17, 15) is 5.11 Å². The number of likely N-dealkylation sites (N-methyl/N-ethyl adjacent to an activating group) is 1. The van der Waals surface area contributed by atoms with Crippen molar-refractivity contribution in [3.8, 4) is 11.5 Å². The Balaban J connectivity index is 2.45. The first-order valence-electron chi connectivity index (χ1n) is 5.90. The van der Waals surface area contributed by atoms with Crippen LogP contribution in [0.5, 0.6) is 11.5 Å². The largest absolute Gasteiger partial charge is 0.454 e. The predicted octanol–water partition coefficient (Wildman–Crippen LogP) is 1.79. The molecule has 0 amide bonds. The summed E-state index contributed by atoms with van der Waals surface area (Å²) >= 11 is 0. The summed E-state index contributed by atoms with van der Waals surface area (Å²) in [4.78, 5) is 0. The predicted molar refractivity (Wildman–Crippen MR) is 65.5 cm³/mol. The third kappa shape index (κ3) is 2.23. The van der Waals surface area contributed by atoms with Gasteiger partial charge >= 0.3 is 0 Å². The Bertz CT molecular complexity index is 404. The highest BCUT2D eigenvalue weighted by Crippen LogP contribution is 2.42. The average Bonchev–Trinajstić information content (AvgIpc) is 2.75. The molecule has 0 saturated heterocycles. The summed E-state index contributed by atoms with van der Waals surface area (Å²) in [5.74, 6) is 1.84. The maximum absolute atomic E-state index is 10.1. The van der Waals surface area contributed by atoms with Crippen LogP contribution < -0.4 is 14.8 Å². The van der Waals surface area contributed by atoms with E-state index in [1.165, 1.54) is 0 Å². The Kier molecular flexibility index (Phi) is 3.54. The molecule has 17 heavy (non-hydrogen) atoms. The molecule has 0 spiro atoms. The lowest BCUT2D eigenvalue weighted by Gasteiger charge is -2.19. The Morgan fingerprint density at radius 3 is 2.76 bits per heavy atom. The van der Waals surface area contributed by atoms with Crippen LogP contribution in [0.4, 0.5) is 0 Å². The van der Waals surface area contributed by atoms with Crippen LogP contribution in [0, 0.1) is 0 Å². The number of ether oxygens (including phenoxy) is 2. The number of aliphatic hydroxyl groups excluding tert-OH is 1. The highest BCUT2D eigenvalue weighted by atomic mass is 16.7. The molecule has 4 nitrogen and oxygen atoms in total. The second kappa shape index (κ2) is 4.94. The van der Waals surface area contributed by atoms with Crippen LogP contribution >= 0.6 is 0 Å². The van der Waals surface area contributed by atoms with Crippen molar-refractivity contribution in [1.82, 2.24) is 5.32 Å². The molecule has 2 rings (SSSR count). The van der Waals surface area contributed by atoms with Crippen molar-refractivity contribution in [2.45, 2.75) is 25.9 Å². The molecular formula is C13H19NO3. The van der Waals surface area contributed by atoms with Gasteiger partial charge in [0.1, 0.15) is 0 Å². The topological polar surface area (TPSA) is 50.7 Å². The highest BCUT2D eigenvalue weighted by Gasteiger charge is 2.25. The van der Waals surface area contributed by atoms with Crippen LogP contribution in [0.3, 0.4) is 0 Å². The van der Waals surface area contributed by atoms with Gasteiger partial charge in [0.15, 0.2) is 11.5 Å². The second-order valence-electron chi connectivity index (χ2n) is 4.53. The van der Waals surface area contributed by atoms with E-state index < -0.39 is 6.10 Å². The molecular weight excluding hydrogens is 218 g/mol. The zero-order valence-electron chi connectivity index (χ0n) is 10.5. The normalized spacial score (nSPS) is 15.4. The minimum Gasteiger partial charge on any atom is -0.454 e. The summed E-state index contributed by atoms with van der Waals surface area (Å²) in [6, 6.07) is 3.78. The number of benzene rings is 1. The molecule has 1 aliphatic heterocycles. The van der Waals surface area contributed by atoms with Crippen molar-refractivity contribution in [3.05, 3.63) is 23.3 Å². The molecule has 0 aromatic heterocycles. The SMILES string of the molecule is CNCC(O)c1ccc2c(c1C(C)C)OCO2. The van der Waals surface area contributed by atoms with Crippen molar-refractivity contribution in [1.29, 1.82) is 0 Å². The maximum atomic E-state index is 10.1. The van der Waals surface area contributed by atoms with Gasteiger partial charge in [0, 0.05) is 12.1 Å². The molecule has 1 unspecified atom stereocenters. The third-order valence-electron chi connectivity index (χ3n) is 2.95. The Morgan fingerprint density at radius 1 is 1.35 bits per heavy atom. The summed E-state index contributed by atoms with van der Waals surface area (Å²) in [5, 5.41) is 13.1. The zero-order valence-corrected chi connectivity index (χ0v) is 10.5. The van der Waals surface area contributed by atoms with Crippen LogP contribution in [-0.4, -0.2) is 25.5 Å². The van der Waals surface area contributed by atoms with E-state index in [2.05, 4.69) is 19.2 Å². The Labute approximate surface area is 102 Å². The van der Waals surface area contributed by atoms with E-state index in [-0.39, 0.29) is 12.7 Å². The van der Waals surface area contributed by atoms with Gasteiger partial charge in [0.25, 0.3) is 0 Å². The monoisotopic (exact) mass is 237 g/mol. The van der Waals surface area contributed by atoms with Gasteiger partial charge in [-0.2, -0.15) is 0 Å². The summed E-state index contributed by atoms with van der Waals surface area (Å²) in [6.07, 6.45) is -0.521. The number of hydrogen-bond acceptors (Lipinski definition) is 4. The fraction of sp³-hybridized carbons (Fsp3) is 0.538.